The van der Waals surface area contributed by atoms with Gasteiger partial charge in [-0.05, 0) is 25.1 Å². The van der Waals surface area contributed by atoms with E-state index in [4.69, 9.17) is 0 Å². The fourth-order valence-electron chi connectivity index (χ4n) is 2.82. The molecular weight excluding hydrogens is 358 g/mol. The van der Waals surface area contributed by atoms with Gasteiger partial charge in [0.05, 0.1) is 16.8 Å². The number of hydrogen-bond donors (Lipinski definition) is 2. The van der Waals surface area contributed by atoms with E-state index in [1.807, 2.05) is 6.07 Å². The van der Waals surface area contributed by atoms with Crippen molar-refractivity contribution in [2.24, 2.45) is 0 Å². The molecule has 8 nitrogen and oxygen atoms in total. The van der Waals surface area contributed by atoms with Crippen molar-refractivity contribution in [3.8, 4) is 0 Å². The van der Waals surface area contributed by atoms with E-state index in [-0.39, 0.29) is 23.7 Å². The predicted molar refractivity (Wildman–Crippen MR) is 102 cm³/mol. The Bertz CT molecular complexity index is 791. The number of hydrogen-bond acceptors (Lipinski definition) is 6. The second kappa shape index (κ2) is 8.59. The summed E-state index contributed by atoms with van der Waals surface area (Å²) in [6.07, 6.45) is 1.72. The van der Waals surface area contributed by atoms with Crippen molar-refractivity contribution in [2.75, 3.05) is 36.4 Å². The number of benzene rings is 1. The number of nitro benzene ring substituents is 1. The number of amides is 1. The Morgan fingerprint density at radius 2 is 2.00 bits per heavy atom. The normalized spacial score (nSPS) is 13.7. The van der Waals surface area contributed by atoms with E-state index >= 15 is 0 Å². The summed E-state index contributed by atoms with van der Waals surface area (Å²) >= 11 is 0. The molecule has 3 rings (SSSR count). The molecule has 0 spiro atoms. The number of anilines is 2. The zero-order valence-electron chi connectivity index (χ0n) is 14.3. The van der Waals surface area contributed by atoms with Crippen LogP contribution in [0.5, 0.6) is 0 Å². The second-order valence-electron chi connectivity index (χ2n) is 5.80. The number of piperazine rings is 1. The maximum atomic E-state index is 12.4. The highest BCUT2D eigenvalue weighted by molar-refractivity contribution is 6.05. The first-order valence-electron chi connectivity index (χ1n) is 8.03. The van der Waals surface area contributed by atoms with Crippen LogP contribution in [0.25, 0.3) is 0 Å². The lowest BCUT2D eigenvalue weighted by Gasteiger charge is -2.29. The molecule has 2 N–H and O–H groups in total. The van der Waals surface area contributed by atoms with Crippen LogP contribution in [-0.2, 0) is 0 Å². The second-order valence-corrected chi connectivity index (χ2v) is 5.80. The van der Waals surface area contributed by atoms with Crippen LogP contribution in [0.3, 0.4) is 0 Å². The number of rotatable bonds is 4. The topological polar surface area (TPSA) is 100 Å². The standard InChI is InChI=1S/C17H19N5O3.ClH/c1-12-14(3-2-4-15(12)22(24)25)17(23)20-16-6-5-13(11-19-16)21-9-7-18-8-10-21;/h2-6,11,18H,7-10H2,1H3,(H,19,20,23);1H. The minimum absolute atomic E-state index is 0. The van der Waals surface area contributed by atoms with E-state index < -0.39 is 10.8 Å². The lowest BCUT2D eigenvalue weighted by Crippen LogP contribution is -2.43. The first-order valence-corrected chi connectivity index (χ1v) is 8.03. The van der Waals surface area contributed by atoms with Gasteiger partial charge in [0.2, 0.25) is 0 Å². The summed E-state index contributed by atoms with van der Waals surface area (Å²) in [4.78, 5) is 29.4. The fraction of sp³-hybridized carbons (Fsp3) is 0.294. The first-order chi connectivity index (χ1) is 12.1. The van der Waals surface area contributed by atoms with Gasteiger partial charge in [-0.1, -0.05) is 6.07 Å². The molecule has 1 fully saturated rings. The SMILES string of the molecule is Cc1c(C(=O)Nc2ccc(N3CCNCC3)cn2)cccc1[N+](=O)[O-].Cl. The van der Waals surface area contributed by atoms with E-state index in [0.717, 1.165) is 31.9 Å². The minimum Gasteiger partial charge on any atom is -0.368 e. The molecule has 9 heteroatoms. The van der Waals surface area contributed by atoms with Crippen molar-refractivity contribution in [3.63, 3.8) is 0 Å². The highest BCUT2D eigenvalue weighted by Gasteiger charge is 2.18. The molecule has 26 heavy (non-hydrogen) atoms. The van der Waals surface area contributed by atoms with Gasteiger partial charge >= 0.3 is 0 Å². The molecule has 1 aliphatic heterocycles. The highest BCUT2D eigenvalue weighted by atomic mass is 35.5. The largest absolute Gasteiger partial charge is 0.368 e. The van der Waals surface area contributed by atoms with Gasteiger partial charge in [0.1, 0.15) is 5.82 Å². The quantitative estimate of drug-likeness (QED) is 0.626. The van der Waals surface area contributed by atoms with Gasteiger partial charge in [0, 0.05) is 43.4 Å². The van der Waals surface area contributed by atoms with Crippen molar-refractivity contribution in [1.29, 1.82) is 0 Å². The molecular formula is C17H20ClN5O3. The van der Waals surface area contributed by atoms with Crippen molar-refractivity contribution < 1.29 is 9.72 Å². The third-order valence-corrected chi connectivity index (χ3v) is 4.22. The van der Waals surface area contributed by atoms with Crippen LogP contribution < -0.4 is 15.5 Å². The number of nitrogens with zero attached hydrogens (tertiary/aromatic N) is 3. The fourth-order valence-corrected chi connectivity index (χ4v) is 2.82. The Labute approximate surface area is 157 Å². The van der Waals surface area contributed by atoms with Gasteiger partial charge in [-0.25, -0.2) is 4.98 Å². The Balaban J connectivity index is 0.00000243. The molecule has 1 aromatic carbocycles. The summed E-state index contributed by atoms with van der Waals surface area (Å²) < 4.78 is 0. The van der Waals surface area contributed by atoms with Crippen LogP contribution in [0.4, 0.5) is 17.2 Å². The third kappa shape index (κ3) is 4.27. The zero-order chi connectivity index (χ0) is 17.8. The number of carbonyl (C=O) groups is 1. The van der Waals surface area contributed by atoms with Crippen molar-refractivity contribution in [2.45, 2.75) is 6.92 Å². The predicted octanol–water partition coefficient (Wildman–Crippen LogP) is 2.38. The Kier molecular flexibility index (Phi) is 6.48. The maximum Gasteiger partial charge on any atom is 0.273 e. The molecule has 1 aromatic heterocycles. The Morgan fingerprint density at radius 3 is 2.62 bits per heavy atom. The Morgan fingerprint density at radius 1 is 1.27 bits per heavy atom. The van der Waals surface area contributed by atoms with Gasteiger partial charge < -0.3 is 15.5 Å². The van der Waals surface area contributed by atoms with Gasteiger partial charge in [-0.3, -0.25) is 14.9 Å². The molecule has 1 aliphatic rings. The number of nitro groups is 1. The van der Waals surface area contributed by atoms with E-state index in [2.05, 4.69) is 20.5 Å². The lowest BCUT2D eigenvalue weighted by atomic mass is 10.1. The molecule has 138 valence electrons. The molecule has 0 aliphatic carbocycles. The van der Waals surface area contributed by atoms with Crippen molar-refractivity contribution in [1.82, 2.24) is 10.3 Å². The minimum atomic E-state index is -0.493. The van der Waals surface area contributed by atoms with E-state index in [1.165, 1.54) is 12.1 Å². The molecule has 0 atom stereocenters. The van der Waals surface area contributed by atoms with Crippen molar-refractivity contribution >= 4 is 35.5 Å². The molecule has 2 aromatic rings. The molecule has 0 saturated carbocycles. The van der Waals surface area contributed by atoms with Gasteiger partial charge in [-0.2, -0.15) is 0 Å². The molecule has 0 bridgehead atoms. The molecule has 0 unspecified atom stereocenters. The molecule has 1 amide bonds. The van der Waals surface area contributed by atoms with Gasteiger partial charge in [-0.15, -0.1) is 12.4 Å². The van der Waals surface area contributed by atoms with Gasteiger partial charge in [0.15, 0.2) is 0 Å². The smallest absolute Gasteiger partial charge is 0.273 e. The summed E-state index contributed by atoms with van der Waals surface area (Å²) in [7, 11) is 0. The summed E-state index contributed by atoms with van der Waals surface area (Å²) in [5, 5.41) is 17.0. The maximum absolute atomic E-state index is 12.4. The molecule has 2 heterocycles. The van der Waals surface area contributed by atoms with Crippen LogP contribution in [0.15, 0.2) is 36.5 Å². The first kappa shape index (κ1) is 19.6. The van der Waals surface area contributed by atoms with Gasteiger partial charge in [0.25, 0.3) is 11.6 Å². The monoisotopic (exact) mass is 377 g/mol. The van der Waals surface area contributed by atoms with Crippen LogP contribution in [0.1, 0.15) is 15.9 Å². The highest BCUT2D eigenvalue weighted by Crippen LogP contribution is 2.22. The van der Waals surface area contributed by atoms with E-state index in [1.54, 1.807) is 25.3 Å². The number of aromatic nitrogens is 1. The van der Waals surface area contributed by atoms with Crippen LogP contribution in [-0.4, -0.2) is 42.0 Å². The van der Waals surface area contributed by atoms with Crippen LogP contribution in [0, 0.1) is 17.0 Å². The molecule has 1 saturated heterocycles. The third-order valence-electron chi connectivity index (χ3n) is 4.22. The molecule has 0 radical (unpaired) electrons. The lowest BCUT2D eigenvalue weighted by molar-refractivity contribution is -0.385. The van der Waals surface area contributed by atoms with E-state index in [0.29, 0.717) is 11.4 Å². The average Bonchev–Trinajstić information content (AvgIpc) is 2.63. The number of nitrogens with one attached hydrogen (secondary N) is 2. The average molecular weight is 378 g/mol. The van der Waals surface area contributed by atoms with E-state index in [9.17, 15) is 14.9 Å². The Hall–Kier alpha value is -2.71. The van der Waals surface area contributed by atoms with Crippen LogP contribution in [0.2, 0.25) is 0 Å². The van der Waals surface area contributed by atoms with Crippen molar-refractivity contribution in [3.05, 3.63) is 57.8 Å². The number of halogens is 1. The summed E-state index contributed by atoms with van der Waals surface area (Å²) in [6.45, 7) is 5.27. The summed E-state index contributed by atoms with van der Waals surface area (Å²) in [5.41, 5.74) is 1.53. The summed E-state index contributed by atoms with van der Waals surface area (Å²) in [6, 6.07) is 8.09. The number of carbonyl (C=O) groups excluding carboxylic acids is 1. The van der Waals surface area contributed by atoms with Crippen LogP contribution >= 0.6 is 12.4 Å². The summed E-state index contributed by atoms with van der Waals surface area (Å²) in [5.74, 6) is -0.00147. The number of pyridine rings is 1. The zero-order valence-corrected chi connectivity index (χ0v) is 15.1.